The average molecular weight is 439 g/mol. The van der Waals surface area contributed by atoms with Gasteiger partial charge in [-0.15, -0.1) is 0 Å². The Morgan fingerprint density at radius 1 is 1.06 bits per heavy atom. The summed E-state index contributed by atoms with van der Waals surface area (Å²) >= 11 is 0. The first kappa shape index (κ1) is 20.3. The molecule has 0 saturated carbocycles. The Kier molecular flexibility index (Phi) is 4.96. The van der Waals surface area contributed by atoms with Gasteiger partial charge in [-0.05, 0) is 49.2 Å². The molecule has 0 atom stereocenters. The van der Waals surface area contributed by atoms with Gasteiger partial charge in [0.25, 0.3) is 0 Å². The first-order chi connectivity index (χ1) is 15.4. The molecule has 2 aromatic heterocycles. The number of hydrogen-bond acceptors (Lipinski definition) is 4. The van der Waals surface area contributed by atoms with Gasteiger partial charge in [0.15, 0.2) is 5.82 Å². The Morgan fingerprint density at radius 3 is 2.59 bits per heavy atom. The second-order valence-corrected chi connectivity index (χ2v) is 7.88. The van der Waals surface area contributed by atoms with Crippen LogP contribution in [0.2, 0.25) is 0 Å². The van der Waals surface area contributed by atoms with E-state index in [4.69, 9.17) is 4.98 Å². The molecule has 1 fully saturated rings. The minimum absolute atomic E-state index is 0.0477. The Balaban J connectivity index is 1.56. The van der Waals surface area contributed by atoms with Crippen molar-refractivity contribution in [2.24, 2.45) is 0 Å². The lowest BCUT2D eigenvalue weighted by atomic mass is 10.1. The van der Waals surface area contributed by atoms with E-state index in [1.807, 2.05) is 6.07 Å². The number of nitrogens with one attached hydrogen (secondary N) is 1. The largest absolute Gasteiger partial charge is 0.416 e. The number of nitrogens with zero attached hydrogens (tertiary/aromatic N) is 4. The van der Waals surface area contributed by atoms with E-state index in [9.17, 15) is 18.0 Å². The van der Waals surface area contributed by atoms with Crippen LogP contribution >= 0.6 is 0 Å². The number of fused-ring (bicyclic) bond motifs is 2. The Morgan fingerprint density at radius 2 is 1.88 bits per heavy atom. The zero-order valence-corrected chi connectivity index (χ0v) is 17.0. The van der Waals surface area contributed by atoms with Gasteiger partial charge < -0.3 is 10.2 Å². The smallest absolute Gasteiger partial charge is 0.368 e. The van der Waals surface area contributed by atoms with E-state index < -0.39 is 11.7 Å². The number of pyridine rings is 2. The monoisotopic (exact) mass is 439 g/mol. The van der Waals surface area contributed by atoms with E-state index in [-0.39, 0.29) is 12.1 Å². The SMILES string of the molecule is O=C(Nc1cccnc1)N1c2nc(-c3cccc(C(F)(F)F)c3)ccc2N2CCC1CC2. The normalized spacial score (nSPS) is 16.0. The van der Waals surface area contributed by atoms with Gasteiger partial charge >= 0.3 is 12.2 Å². The molecule has 32 heavy (non-hydrogen) atoms. The minimum atomic E-state index is -4.44. The first-order valence-corrected chi connectivity index (χ1v) is 10.3. The second kappa shape index (κ2) is 7.81. The number of aromatic nitrogens is 2. The van der Waals surface area contributed by atoms with Crippen LogP contribution in [-0.2, 0) is 6.18 Å². The van der Waals surface area contributed by atoms with E-state index in [2.05, 4.69) is 15.2 Å². The molecule has 164 valence electrons. The third-order valence-electron chi connectivity index (χ3n) is 5.87. The number of benzene rings is 1. The van der Waals surface area contributed by atoms with Crippen LogP contribution in [0.25, 0.3) is 11.3 Å². The summed E-state index contributed by atoms with van der Waals surface area (Å²) in [6.07, 6.45) is 0.312. The van der Waals surface area contributed by atoms with Crippen LogP contribution in [0.5, 0.6) is 0 Å². The fraction of sp³-hybridized carbons (Fsp3) is 0.261. The summed E-state index contributed by atoms with van der Waals surface area (Å²) in [5, 5.41) is 2.87. The van der Waals surface area contributed by atoms with Crippen LogP contribution in [0.15, 0.2) is 60.9 Å². The summed E-state index contributed by atoms with van der Waals surface area (Å²) in [5.41, 5.74) is 1.37. The summed E-state index contributed by atoms with van der Waals surface area (Å²) in [7, 11) is 0. The van der Waals surface area contributed by atoms with Crippen molar-refractivity contribution in [2.75, 3.05) is 28.2 Å². The number of alkyl halides is 3. The Labute approximate surface area is 182 Å². The van der Waals surface area contributed by atoms with Gasteiger partial charge in [0.05, 0.1) is 28.8 Å². The molecular weight excluding hydrogens is 419 g/mol. The van der Waals surface area contributed by atoms with Crippen molar-refractivity contribution in [1.29, 1.82) is 0 Å². The number of carbonyl (C=O) groups excluding carboxylic acids is 1. The van der Waals surface area contributed by atoms with Crippen LogP contribution in [0.3, 0.4) is 0 Å². The van der Waals surface area contributed by atoms with Crippen molar-refractivity contribution in [3.63, 3.8) is 0 Å². The lowest BCUT2D eigenvalue weighted by molar-refractivity contribution is -0.137. The quantitative estimate of drug-likeness (QED) is 0.598. The van der Waals surface area contributed by atoms with Crippen molar-refractivity contribution in [3.8, 4) is 11.3 Å². The van der Waals surface area contributed by atoms with Gasteiger partial charge in [0, 0.05) is 30.9 Å². The van der Waals surface area contributed by atoms with E-state index in [1.165, 1.54) is 6.07 Å². The molecule has 6 rings (SSSR count). The van der Waals surface area contributed by atoms with Crippen LogP contribution in [0.1, 0.15) is 18.4 Å². The second-order valence-electron chi connectivity index (χ2n) is 7.88. The number of hydrogen-bond donors (Lipinski definition) is 1. The molecule has 0 aliphatic carbocycles. The zero-order chi connectivity index (χ0) is 22.3. The fourth-order valence-corrected chi connectivity index (χ4v) is 4.30. The van der Waals surface area contributed by atoms with Crippen molar-refractivity contribution < 1.29 is 18.0 Å². The van der Waals surface area contributed by atoms with Crippen molar-refractivity contribution in [2.45, 2.75) is 25.1 Å². The third kappa shape index (κ3) is 3.74. The molecule has 0 radical (unpaired) electrons. The van der Waals surface area contributed by atoms with E-state index in [0.29, 0.717) is 22.8 Å². The lowest BCUT2D eigenvalue weighted by Gasteiger charge is -2.31. The van der Waals surface area contributed by atoms with E-state index in [0.717, 1.165) is 43.8 Å². The molecule has 0 unspecified atom stereocenters. The Hall–Kier alpha value is -3.62. The lowest BCUT2D eigenvalue weighted by Crippen LogP contribution is -2.46. The van der Waals surface area contributed by atoms with Crippen molar-refractivity contribution in [3.05, 3.63) is 66.5 Å². The van der Waals surface area contributed by atoms with Gasteiger partial charge in [-0.2, -0.15) is 13.2 Å². The Bertz CT molecular complexity index is 1140. The minimum Gasteiger partial charge on any atom is -0.368 e. The predicted octanol–water partition coefficient (Wildman–Crippen LogP) is 5.18. The topological polar surface area (TPSA) is 61.4 Å². The number of anilines is 3. The van der Waals surface area contributed by atoms with Gasteiger partial charge in [-0.3, -0.25) is 9.88 Å². The van der Waals surface area contributed by atoms with E-state index >= 15 is 0 Å². The average Bonchev–Trinajstić information content (AvgIpc) is 3.05. The van der Waals surface area contributed by atoms with Crippen molar-refractivity contribution in [1.82, 2.24) is 9.97 Å². The number of rotatable bonds is 2. The molecule has 5 heterocycles. The number of piperidine rings is 1. The summed E-state index contributed by atoms with van der Waals surface area (Å²) in [6, 6.07) is 11.7. The van der Waals surface area contributed by atoms with Gasteiger partial charge in [0.1, 0.15) is 0 Å². The number of urea groups is 1. The standard InChI is InChI=1S/C23H20F3N5O/c24-23(25,26)16-4-1-3-15(13-16)19-6-7-20-21(29-19)31(18-8-11-30(20)12-9-18)22(32)28-17-5-2-10-27-14-17/h1-7,10,13-14,18H,8-9,11-12H2,(H,28,32). The summed E-state index contributed by atoms with van der Waals surface area (Å²) in [4.78, 5) is 25.8. The maximum atomic E-state index is 13.3. The molecule has 2 amide bonds. The van der Waals surface area contributed by atoms with Crippen LogP contribution in [-0.4, -0.2) is 35.1 Å². The van der Waals surface area contributed by atoms with Gasteiger partial charge in [-0.25, -0.2) is 9.78 Å². The highest BCUT2D eigenvalue weighted by molar-refractivity contribution is 6.04. The highest BCUT2D eigenvalue weighted by atomic mass is 19.4. The maximum absolute atomic E-state index is 13.3. The third-order valence-corrected chi connectivity index (χ3v) is 5.87. The summed E-state index contributed by atoms with van der Waals surface area (Å²) in [5.74, 6) is 0.460. The first-order valence-electron chi connectivity index (χ1n) is 10.3. The van der Waals surface area contributed by atoms with Crippen LogP contribution < -0.4 is 15.1 Å². The fourth-order valence-electron chi connectivity index (χ4n) is 4.30. The molecule has 6 nitrogen and oxygen atoms in total. The highest BCUT2D eigenvalue weighted by Crippen LogP contribution is 2.40. The zero-order valence-electron chi connectivity index (χ0n) is 17.0. The number of amides is 2. The molecule has 3 aliphatic rings. The molecule has 2 bridgehead atoms. The molecule has 3 aliphatic heterocycles. The molecule has 1 N–H and O–H groups in total. The van der Waals surface area contributed by atoms with E-state index in [1.54, 1.807) is 41.6 Å². The van der Waals surface area contributed by atoms with Crippen molar-refractivity contribution >= 4 is 23.2 Å². The number of halogens is 3. The molecule has 1 saturated heterocycles. The van der Waals surface area contributed by atoms with Crippen LogP contribution in [0, 0.1) is 0 Å². The number of carbonyl (C=O) groups is 1. The highest BCUT2D eigenvalue weighted by Gasteiger charge is 2.37. The maximum Gasteiger partial charge on any atom is 0.416 e. The molecular formula is C23H20F3N5O. The summed E-state index contributed by atoms with van der Waals surface area (Å²) < 4.78 is 39.6. The van der Waals surface area contributed by atoms with Gasteiger partial charge in [0.2, 0.25) is 0 Å². The summed E-state index contributed by atoms with van der Waals surface area (Å²) in [6.45, 7) is 1.58. The van der Waals surface area contributed by atoms with Crippen LogP contribution in [0.4, 0.5) is 35.2 Å². The molecule has 0 spiro atoms. The molecule has 9 heteroatoms. The predicted molar refractivity (Wildman–Crippen MR) is 116 cm³/mol. The van der Waals surface area contributed by atoms with Gasteiger partial charge in [-0.1, -0.05) is 12.1 Å². The molecule has 1 aromatic carbocycles. The molecule has 3 aromatic rings.